The first-order chi connectivity index (χ1) is 23.2. The van der Waals surface area contributed by atoms with Crippen LogP contribution in [0, 0.1) is 94.7 Å². The fourth-order valence-corrected chi connectivity index (χ4v) is 7.39. The van der Waals surface area contributed by atoms with E-state index in [0.717, 1.165) is 94.7 Å². The minimum Gasteiger partial charge on any atom is -0.286 e. The van der Waals surface area contributed by atoms with Crippen molar-refractivity contribution in [2.24, 2.45) is 94.7 Å². The van der Waals surface area contributed by atoms with Gasteiger partial charge in [0.05, 0.1) is 6.26 Å². The molecule has 0 heterocycles. The van der Waals surface area contributed by atoms with Gasteiger partial charge in [0.2, 0.25) is 0 Å². The Kier molecular flexibility index (Phi) is 25.2. The molecule has 51 heavy (non-hydrogen) atoms. The van der Waals surface area contributed by atoms with E-state index >= 15 is 0 Å². The molecule has 0 aromatic heterocycles. The first-order valence-electron chi connectivity index (χ1n) is 20.5. The molecule has 2 aromatic carbocycles. The molecule has 0 saturated carbocycles. The summed E-state index contributed by atoms with van der Waals surface area (Å²) < 4.78 is 25.9. The SMILES string of the molecule is CC(C)C(C)C(C)C(C)C(C)C(C)C(C)C(C)C.CC(C)C(C)C(C)C(C)C(C)C(C)C(C)C(C)C.CS(=O)(=O)O.c1ccc2ccccc2c1. The van der Waals surface area contributed by atoms with Gasteiger partial charge in [0.1, 0.15) is 0 Å². The lowest BCUT2D eigenvalue weighted by Crippen LogP contribution is -2.31. The molecular formula is C47H88O3S. The van der Waals surface area contributed by atoms with Crippen LogP contribution < -0.4 is 0 Å². The van der Waals surface area contributed by atoms with Crippen molar-refractivity contribution >= 4 is 20.9 Å². The summed E-state index contributed by atoms with van der Waals surface area (Å²) in [4.78, 5) is 0. The minimum atomic E-state index is -3.67. The maximum absolute atomic E-state index is 9.19. The largest absolute Gasteiger partial charge is 0.286 e. The average Bonchev–Trinajstić information content (AvgIpc) is 3.07. The number of fused-ring (bicyclic) bond motifs is 1. The van der Waals surface area contributed by atoms with Crippen LogP contribution in [-0.2, 0) is 10.1 Å². The van der Waals surface area contributed by atoms with Crippen molar-refractivity contribution in [3.63, 3.8) is 0 Å². The summed E-state index contributed by atoms with van der Waals surface area (Å²) in [5, 5.41) is 2.62. The van der Waals surface area contributed by atoms with Crippen LogP contribution in [0.15, 0.2) is 48.5 Å². The van der Waals surface area contributed by atoms with E-state index in [1.54, 1.807) is 0 Å². The normalized spacial score (nSPS) is 19.1. The molecule has 300 valence electrons. The molecule has 0 spiro atoms. The monoisotopic (exact) mass is 733 g/mol. The van der Waals surface area contributed by atoms with Crippen LogP contribution >= 0.6 is 0 Å². The van der Waals surface area contributed by atoms with Gasteiger partial charge in [0, 0.05) is 0 Å². The summed E-state index contributed by atoms with van der Waals surface area (Å²) in [5.74, 6) is 13.0. The Morgan fingerprint density at radius 2 is 0.451 bits per heavy atom. The molecule has 0 saturated heterocycles. The molecule has 0 bridgehead atoms. The summed E-state index contributed by atoms with van der Waals surface area (Å²) >= 11 is 0. The third-order valence-electron chi connectivity index (χ3n) is 14.2. The van der Waals surface area contributed by atoms with E-state index in [2.05, 4.69) is 187 Å². The molecule has 0 aliphatic heterocycles. The van der Waals surface area contributed by atoms with Crippen molar-refractivity contribution in [1.82, 2.24) is 0 Å². The Labute approximate surface area is 320 Å². The second-order valence-electron chi connectivity index (χ2n) is 18.4. The number of benzene rings is 2. The van der Waals surface area contributed by atoms with Gasteiger partial charge in [-0.15, -0.1) is 0 Å². The molecule has 0 fully saturated rings. The van der Waals surface area contributed by atoms with Crippen molar-refractivity contribution in [1.29, 1.82) is 0 Å². The van der Waals surface area contributed by atoms with E-state index in [-0.39, 0.29) is 0 Å². The van der Waals surface area contributed by atoms with Crippen molar-refractivity contribution in [2.75, 3.05) is 6.26 Å². The summed E-state index contributed by atoms with van der Waals surface area (Å²) in [7, 11) is -3.67. The number of hydrogen-bond donors (Lipinski definition) is 1. The van der Waals surface area contributed by atoms with Crippen LogP contribution in [0.25, 0.3) is 10.8 Å². The molecule has 0 radical (unpaired) electrons. The van der Waals surface area contributed by atoms with Gasteiger partial charge in [-0.25, -0.2) is 0 Å². The Balaban J connectivity index is 0. The first kappa shape index (κ1) is 51.7. The zero-order chi connectivity index (χ0) is 40.5. The third kappa shape index (κ3) is 20.0. The highest BCUT2D eigenvalue weighted by atomic mass is 32.2. The molecule has 12 unspecified atom stereocenters. The molecule has 4 heteroatoms. The molecular weight excluding hydrogens is 645 g/mol. The van der Waals surface area contributed by atoms with E-state index in [1.807, 2.05) is 0 Å². The van der Waals surface area contributed by atoms with Gasteiger partial charge < -0.3 is 0 Å². The molecule has 12 atom stereocenters. The van der Waals surface area contributed by atoms with Crippen molar-refractivity contribution in [2.45, 2.75) is 138 Å². The van der Waals surface area contributed by atoms with Gasteiger partial charge in [0.15, 0.2) is 0 Å². The maximum atomic E-state index is 9.19. The standard InChI is InChI=1S/2C18H38.C10H8.CH4O3S/c2*1-11(2)13(5)15(7)17(9)18(10)16(8)14(6)12(3)4;1-2-6-10-8-4-3-7-9(10)5-1;1-5(2,3)4/h2*11-18H,1-10H3;1-8H;1H3,(H,2,3,4). The summed E-state index contributed by atoms with van der Waals surface area (Å²) in [5.41, 5.74) is 0. The zero-order valence-electron chi connectivity index (χ0n) is 37.5. The van der Waals surface area contributed by atoms with Gasteiger partial charge in [-0.1, -0.05) is 187 Å². The lowest BCUT2D eigenvalue weighted by molar-refractivity contribution is 0.108. The van der Waals surface area contributed by atoms with Gasteiger partial charge in [-0.2, -0.15) is 8.42 Å². The quantitative estimate of drug-likeness (QED) is 0.197. The van der Waals surface area contributed by atoms with Crippen molar-refractivity contribution in [3.8, 4) is 0 Å². The highest BCUT2D eigenvalue weighted by Crippen LogP contribution is 2.39. The first-order valence-corrected chi connectivity index (χ1v) is 22.4. The lowest BCUT2D eigenvalue weighted by Gasteiger charge is -2.38. The van der Waals surface area contributed by atoms with Crippen LogP contribution in [0.4, 0.5) is 0 Å². The van der Waals surface area contributed by atoms with E-state index < -0.39 is 10.1 Å². The van der Waals surface area contributed by atoms with E-state index in [0.29, 0.717) is 6.26 Å². The number of rotatable bonds is 14. The highest BCUT2D eigenvalue weighted by Gasteiger charge is 2.32. The Morgan fingerprint density at radius 3 is 0.569 bits per heavy atom. The van der Waals surface area contributed by atoms with Crippen molar-refractivity contribution < 1.29 is 13.0 Å². The van der Waals surface area contributed by atoms with Crippen LogP contribution in [0.2, 0.25) is 0 Å². The highest BCUT2D eigenvalue weighted by molar-refractivity contribution is 7.85. The Hall–Kier alpha value is -1.39. The predicted octanol–water partition coefficient (Wildman–Crippen LogP) is 14.6. The predicted molar refractivity (Wildman–Crippen MR) is 231 cm³/mol. The van der Waals surface area contributed by atoms with Crippen LogP contribution in [0.5, 0.6) is 0 Å². The molecule has 2 aromatic rings. The van der Waals surface area contributed by atoms with Crippen LogP contribution in [-0.4, -0.2) is 19.2 Å². The van der Waals surface area contributed by atoms with Gasteiger partial charge in [-0.3, -0.25) is 4.55 Å². The fourth-order valence-electron chi connectivity index (χ4n) is 7.39. The average molecular weight is 733 g/mol. The number of hydrogen-bond acceptors (Lipinski definition) is 2. The van der Waals surface area contributed by atoms with Crippen LogP contribution in [0.3, 0.4) is 0 Å². The Morgan fingerprint density at radius 1 is 0.333 bits per heavy atom. The molecule has 0 amide bonds. The van der Waals surface area contributed by atoms with E-state index in [1.165, 1.54) is 10.8 Å². The van der Waals surface area contributed by atoms with Gasteiger partial charge >= 0.3 is 0 Å². The maximum Gasteiger partial charge on any atom is 0.261 e. The molecule has 0 aliphatic rings. The fraction of sp³-hybridized carbons (Fsp3) is 0.787. The Bertz CT molecular complexity index is 1100. The topological polar surface area (TPSA) is 54.4 Å². The van der Waals surface area contributed by atoms with E-state index in [4.69, 9.17) is 4.55 Å². The second kappa shape index (κ2) is 24.8. The van der Waals surface area contributed by atoms with Crippen molar-refractivity contribution in [3.05, 3.63) is 48.5 Å². The van der Waals surface area contributed by atoms with Crippen LogP contribution in [0.1, 0.15) is 138 Å². The smallest absolute Gasteiger partial charge is 0.261 e. The van der Waals surface area contributed by atoms with Gasteiger partial charge in [-0.05, 0) is 105 Å². The third-order valence-corrected chi connectivity index (χ3v) is 14.2. The van der Waals surface area contributed by atoms with Gasteiger partial charge in [0.25, 0.3) is 10.1 Å². The molecule has 3 nitrogen and oxygen atoms in total. The summed E-state index contributed by atoms with van der Waals surface area (Å²) in [6, 6.07) is 16.7. The summed E-state index contributed by atoms with van der Waals surface area (Å²) in [6.07, 6.45) is 0.715. The lowest BCUT2D eigenvalue weighted by atomic mass is 9.68. The second-order valence-corrected chi connectivity index (χ2v) is 19.8. The molecule has 0 aliphatic carbocycles. The zero-order valence-corrected chi connectivity index (χ0v) is 38.3. The minimum absolute atomic E-state index is 0.715. The molecule has 1 N–H and O–H groups in total. The van der Waals surface area contributed by atoms with E-state index in [9.17, 15) is 8.42 Å². The molecule has 2 rings (SSSR count). The summed E-state index contributed by atoms with van der Waals surface area (Å²) in [6.45, 7) is 48.3.